The van der Waals surface area contributed by atoms with Gasteiger partial charge < -0.3 is 10.8 Å². The summed E-state index contributed by atoms with van der Waals surface area (Å²) in [6, 6.07) is 4.68. The van der Waals surface area contributed by atoms with E-state index in [2.05, 4.69) is 0 Å². The smallest absolute Gasteiger partial charge is 0.336 e. The van der Waals surface area contributed by atoms with Crippen LogP contribution in [0.25, 0.3) is 0 Å². The molecule has 0 atom stereocenters. The number of rotatable bonds is 3. The Morgan fingerprint density at radius 2 is 2.07 bits per heavy atom. The van der Waals surface area contributed by atoms with Gasteiger partial charge in [-0.15, -0.1) is 0 Å². The quantitative estimate of drug-likeness (QED) is 0.752. The van der Waals surface area contributed by atoms with Gasteiger partial charge in [-0.25, -0.2) is 4.79 Å². The molecule has 4 nitrogen and oxygen atoms in total. The number of hydrogen-bond donors (Lipinski definition) is 2. The first kappa shape index (κ1) is 10.2. The van der Waals surface area contributed by atoms with E-state index in [9.17, 15) is 9.59 Å². The van der Waals surface area contributed by atoms with Crippen LogP contribution in [0.1, 0.15) is 33.2 Å². The third kappa shape index (κ3) is 1.74. The predicted octanol–water partition coefficient (Wildman–Crippen LogP) is 1.05. The summed E-state index contributed by atoms with van der Waals surface area (Å²) in [5, 5.41) is 8.83. The first-order valence-electron chi connectivity index (χ1n) is 4.23. The molecule has 74 valence electrons. The van der Waals surface area contributed by atoms with Crippen LogP contribution >= 0.6 is 0 Å². The number of carbonyl (C=O) groups excluding carboxylic acids is 1. The fourth-order valence-corrected chi connectivity index (χ4v) is 1.36. The average Bonchev–Trinajstić information content (AvgIpc) is 2.16. The summed E-state index contributed by atoms with van der Waals surface area (Å²) in [4.78, 5) is 21.9. The molecule has 0 radical (unpaired) electrons. The molecule has 0 aliphatic carbocycles. The molecule has 1 aromatic carbocycles. The highest BCUT2D eigenvalue weighted by molar-refractivity contribution is 6.05. The maximum absolute atomic E-state index is 11.1. The van der Waals surface area contributed by atoms with Gasteiger partial charge in [0.25, 0.3) is 0 Å². The SMILES string of the molecule is CCc1cccc(C(=O)O)c1C(N)=O. The number of primary amides is 1. The summed E-state index contributed by atoms with van der Waals surface area (Å²) >= 11 is 0. The molecular weight excluding hydrogens is 182 g/mol. The summed E-state index contributed by atoms with van der Waals surface area (Å²) in [6.45, 7) is 1.84. The van der Waals surface area contributed by atoms with Crippen molar-refractivity contribution in [2.45, 2.75) is 13.3 Å². The fraction of sp³-hybridized carbons (Fsp3) is 0.200. The zero-order chi connectivity index (χ0) is 10.7. The summed E-state index contributed by atoms with van der Waals surface area (Å²) in [5.41, 5.74) is 5.87. The number of aromatic carboxylic acids is 1. The number of nitrogens with two attached hydrogens (primary N) is 1. The van der Waals surface area contributed by atoms with Crippen LogP contribution in [0.2, 0.25) is 0 Å². The van der Waals surface area contributed by atoms with Crippen molar-refractivity contribution in [2.24, 2.45) is 5.73 Å². The lowest BCUT2D eigenvalue weighted by molar-refractivity contribution is 0.0692. The zero-order valence-corrected chi connectivity index (χ0v) is 7.78. The van der Waals surface area contributed by atoms with E-state index in [1.807, 2.05) is 6.92 Å². The molecule has 0 spiro atoms. The van der Waals surface area contributed by atoms with Crippen molar-refractivity contribution >= 4 is 11.9 Å². The van der Waals surface area contributed by atoms with Crippen molar-refractivity contribution in [3.63, 3.8) is 0 Å². The van der Waals surface area contributed by atoms with Gasteiger partial charge in [-0.05, 0) is 18.1 Å². The number of carboxylic acids is 1. The van der Waals surface area contributed by atoms with Crippen molar-refractivity contribution in [1.29, 1.82) is 0 Å². The molecule has 1 aromatic rings. The molecule has 0 aliphatic heterocycles. The number of carboxylic acid groups (broad SMARTS) is 1. The normalized spacial score (nSPS) is 9.79. The van der Waals surface area contributed by atoms with E-state index in [1.54, 1.807) is 12.1 Å². The Morgan fingerprint density at radius 3 is 2.50 bits per heavy atom. The molecule has 0 saturated carbocycles. The molecule has 0 heterocycles. The minimum atomic E-state index is -1.13. The Morgan fingerprint density at radius 1 is 1.43 bits per heavy atom. The molecule has 0 bridgehead atoms. The van der Waals surface area contributed by atoms with E-state index in [0.717, 1.165) is 0 Å². The van der Waals surface area contributed by atoms with Crippen LogP contribution in [0, 0.1) is 0 Å². The Labute approximate surface area is 81.3 Å². The van der Waals surface area contributed by atoms with E-state index in [0.29, 0.717) is 12.0 Å². The fourth-order valence-electron chi connectivity index (χ4n) is 1.36. The molecule has 0 fully saturated rings. The van der Waals surface area contributed by atoms with Crippen LogP contribution in [0.15, 0.2) is 18.2 Å². The molecule has 14 heavy (non-hydrogen) atoms. The highest BCUT2D eigenvalue weighted by atomic mass is 16.4. The third-order valence-corrected chi connectivity index (χ3v) is 2.01. The van der Waals surface area contributed by atoms with Gasteiger partial charge in [0.15, 0.2) is 0 Å². The number of hydrogen-bond acceptors (Lipinski definition) is 2. The minimum absolute atomic E-state index is 0.0307. The summed E-state index contributed by atoms with van der Waals surface area (Å²) < 4.78 is 0. The molecule has 4 heteroatoms. The van der Waals surface area contributed by atoms with E-state index in [-0.39, 0.29) is 11.1 Å². The van der Waals surface area contributed by atoms with Crippen LogP contribution in [-0.4, -0.2) is 17.0 Å². The molecule has 1 amide bonds. The van der Waals surface area contributed by atoms with E-state index in [1.165, 1.54) is 6.07 Å². The predicted molar refractivity (Wildman–Crippen MR) is 51.3 cm³/mol. The lowest BCUT2D eigenvalue weighted by Gasteiger charge is -2.07. The van der Waals surface area contributed by atoms with Gasteiger partial charge in [0.1, 0.15) is 0 Å². The van der Waals surface area contributed by atoms with Crippen LogP contribution < -0.4 is 5.73 Å². The topological polar surface area (TPSA) is 80.4 Å². The Bertz CT molecular complexity index is 385. The van der Waals surface area contributed by atoms with Gasteiger partial charge in [0.05, 0.1) is 11.1 Å². The van der Waals surface area contributed by atoms with Gasteiger partial charge in [-0.3, -0.25) is 4.79 Å². The lowest BCUT2D eigenvalue weighted by Crippen LogP contribution is -2.18. The number of benzene rings is 1. The molecule has 0 saturated heterocycles. The maximum atomic E-state index is 11.1. The molecular formula is C10H11NO3. The monoisotopic (exact) mass is 193 g/mol. The highest BCUT2D eigenvalue weighted by Crippen LogP contribution is 2.15. The van der Waals surface area contributed by atoms with Crippen LogP contribution in [0.5, 0.6) is 0 Å². The third-order valence-electron chi connectivity index (χ3n) is 2.01. The highest BCUT2D eigenvalue weighted by Gasteiger charge is 2.16. The Kier molecular flexibility index (Phi) is 2.86. The van der Waals surface area contributed by atoms with Gasteiger partial charge >= 0.3 is 5.97 Å². The molecule has 1 rings (SSSR count). The summed E-state index contributed by atoms with van der Waals surface area (Å²) in [7, 11) is 0. The summed E-state index contributed by atoms with van der Waals surface area (Å²) in [6.07, 6.45) is 0.583. The lowest BCUT2D eigenvalue weighted by atomic mass is 9.99. The molecule has 3 N–H and O–H groups in total. The second-order valence-electron chi connectivity index (χ2n) is 2.86. The summed E-state index contributed by atoms with van der Waals surface area (Å²) in [5.74, 6) is -1.83. The van der Waals surface area contributed by atoms with Crippen molar-refractivity contribution in [1.82, 2.24) is 0 Å². The van der Waals surface area contributed by atoms with E-state index in [4.69, 9.17) is 10.8 Å². The van der Waals surface area contributed by atoms with Crippen LogP contribution in [-0.2, 0) is 6.42 Å². The molecule has 0 aromatic heterocycles. The minimum Gasteiger partial charge on any atom is -0.478 e. The molecule has 0 unspecified atom stereocenters. The van der Waals surface area contributed by atoms with Crippen LogP contribution in [0.4, 0.5) is 0 Å². The van der Waals surface area contributed by atoms with Crippen molar-refractivity contribution in [2.75, 3.05) is 0 Å². The van der Waals surface area contributed by atoms with E-state index >= 15 is 0 Å². The second kappa shape index (κ2) is 3.91. The number of aryl methyl sites for hydroxylation is 1. The van der Waals surface area contributed by atoms with Gasteiger partial charge in [0, 0.05) is 0 Å². The van der Waals surface area contributed by atoms with Gasteiger partial charge in [0.2, 0.25) is 5.91 Å². The van der Waals surface area contributed by atoms with Crippen molar-refractivity contribution in [3.8, 4) is 0 Å². The van der Waals surface area contributed by atoms with Crippen molar-refractivity contribution in [3.05, 3.63) is 34.9 Å². The number of amides is 1. The average molecular weight is 193 g/mol. The Hall–Kier alpha value is -1.84. The zero-order valence-electron chi connectivity index (χ0n) is 7.78. The Balaban J connectivity index is 3.43. The van der Waals surface area contributed by atoms with Gasteiger partial charge in [-0.2, -0.15) is 0 Å². The van der Waals surface area contributed by atoms with E-state index < -0.39 is 11.9 Å². The first-order valence-corrected chi connectivity index (χ1v) is 4.23. The van der Waals surface area contributed by atoms with Crippen molar-refractivity contribution < 1.29 is 14.7 Å². The first-order chi connectivity index (χ1) is 6.57. The number of carbonyl (C=O) groups is 2. The van der Waals surface area contributed by atoms with Gasteiger partial charge in [-0.1, -0.05) is 19.1 Å². The maximum Gasteiger partial charge on any atom is 0.336 e. The largest absolute Gasteiger partial charge is 0.478 e. The standard InChI is InChI=1S/C10H11NO3/c1-2-6-4-3-5-7(10(13)14)8(6)9(11)12/h3-5H,2H2,1H3,(H2,11,12)(H,13,14). The molecule has 0 aliphatic rings. The second-order valence-corrected chi connectivity index (χ2v) is 2.86. The van der Waals surface area contributed by atoms with Crippen LogP contribution in [0.3, 0.4) is 0 Å².